The van der Waals surface area contributed by atoms with Crippen LogP contribution in [-0.4, -0.2) is 0 Å². The van der Waals surface area contributed by atoms with Gasteiger partial charge in [0.05, 0.1) is 22.7 Å². The van der Waals surface area contributed by atoms with Crippen molar-refractivity contribution in [2.24, 2.45) is 0 Å². The van der Waals surface area contributed by atoms with Crippen molar-refractivity contribution < 1.29 is 13.2 Å². The summed E-state index contributed by atoms with van der Waals surface area (Å²) in [6.07, 6.45) is 0. The Morgan fingerprint density at radius 1 is 0.116 bits per heavy atom. The number of anilines is 9. The molecule has 0 atom stereocenters. The Kier molecular flexibility index (Phi) is 27.1. The van der Waals surface area contributed by atoms with Gasteiger partial charge in [-0.05, 0) is 247 Å². The topological polar surface area (TPSA) is 9.72 Å². The summed E-state index contributed by atoms with van der Waals surface area (Å²) in [5.41, 5.74) is 33.3. The highest BCUT2D eigenvalue weighted by Crippen LogP contribution is 2.52. The monoisotopic (exact) mass is 1880 g/mol. The third-order valence-electron chi connectivity index (χ3n) is 27.0. The van der Waals surface area contributed by atoms with Gasteiger partial charge < -0.3 is 14.7 Å². The standard InChI is InChI=1S/C48H34FN.2C46H32FN/c49-47-34-43(37-17-9-3-10-18-37)33-46(42-19-11-4-12-20-42)48(47)50(44-29-25-40(26-30-44)36-15-7-2-8-16-36)45-31-27-41(28-32-45)39-23-21-38(22-24-39)35-13-5-1-6-14-35;47-44-32-38(34-17-7-2-8-18-34)31-43(37-21-11-4-12-22-37)46(44)48(39-27-25-35(26-28-39)33-15-5-1-6-16-33)45-30-29-40(36-19-9-3-10-20-36)41-23-13-14-24-42(41)45;47-45-32-39(34-15-6-2-7-16-34)31-44(37-17-8-3-9-18-37)46(45)48(40-27-23-35(24-28-40)33-13-4-1-5-14-33)41-29-25-38(26-30-41)43-22-12-20-36-19-10-11-21-42(36)43/h1-34H;2*1-32H. The van der Waals surface area contributed by atoms with Crippen molar-refractivity contribution in [3.8, 4) is 145 Å². The first-order valence-corrected chi connectivity index (χ1v) is 49.3. The Bertz CT molecular complexity index is 8550. The molecule has 0 aliphatic carbocycles. The van der Waals surface area contributed by atoms with E-state index in [1.54, 1.807) is 18.2 Å². The minimum Gasteiger partial charge on any atom is -0.307 e. The van der Waals surface area contributed by atoms with Crippen molar-refractivity contribution in [3.63, 3.8) is 0 Å². The zero-order valence-corrected chi connectivity index (χ0v) is 80.1. The van der Waals surface area contributed by atoms with Crippen LogP contribution in [0.3, 0.4) is 0 Å². The van der Waals surface area contributed by atoms with E-state index in [1.165, 1.54) is 27.5 Å². The van der Waals surface area contributed by atoms with E-state index in [4.69, 9.17) is 0 Å². The Hall–Kier alpha value is -19.0. The van der Waals surface area contributed by atoms with Gasteiger partial charge in [-0.2, -0.15) is 0 Å². The summed E-state index contributed by atoms with van der Waals surface area (Å²) in [6, 6.07) is 202. The van der Waals surface area contributed by atoms with Gasteiger partial charge in [-0.25, -0.2) is 13.2 Å². The van der Waals surface area contributed by atoms with Gasteiger partial charge in [0.2, 0.25) is 0 Å². The van der Waals surface area contributed by atoms with Crippen molar-refractivity contribution in [1.29, 1.82) is 0 Å². The van der Waals surface area contributed by atoms with E-state index in [0.29, 0.717) is 17.1 Å². The molecule has 24 rings (SSSR count). The maximum absolute atomic E-state index is 17.2. The molecule has 0 aliphatic rings. The molecule has 0 amide bonds. The molecule has 0 heterocycles. The van der Waals surface area contributed by atoms with E-state index in [9.17, 15) is 0 Å². The molecule has 0 aliphatic heterocycles. The molecule has 0 unspecified atom stereocenters. The van der Waals surface area contributed by atoms with E-state index in [2.05, 4.69) is 345 Å². The van der Waals surface area contributed by atoms with Crippen LogP contribution in [0.25, 0.3) is 166 Å². The molecule has 694 valence electrons. The maximum atomic E-state index is 17.2. The van der Waals surface area contributed by atoms with Gasteiger partial charge in [-0.15, -0.1) is 0 Å². The van der Waals surface area contributed by atoms with E-state index in [-0.39, 0.29) is 17.5 Å². The van der Waals surface area contributed by atoms with Crippen LogP contribution < -0.4 is 14.7 Å². The Labute approximate surface area is 851 Å². The number of rotatable bonds is 22. The third kappa shape index (κ3) is 20.0. The summed E-state index contributed by atoms with van der Waals surface area (Å²) in [5.74, 6) is -0.878. The predicted molar refractivity (Wildman–Crippen MR) is 609 cm³/mol. The molecule has 146 heavy (non-hydrogen) atoms. The highest BCUT2D eigenvalue weighted by atomic mass is 19.1. The van der Waals surface area contributed by atoms with Gasteiger partial charge in [-0.1, -0.05) is 491 Å². The predicted octanol–water partition coefficient (Wildman–Crippen LogP) is 39.9. The largest absolute Gasteiger partial charge is 0.307 e. The van der Waals surface area contributed by atoms with Gasteiger partial charge in [-0.3, -0.25) is 0 Å². The first-order valence-electron chi connectivity index (χ1n) is 49.3. The average Bonchev–Trinajstić information content (AvgIpc) is 0.738. The SMILES string of the molecule is Fc1cc(-c2ccccc2)cc(-c2ccccc2)c1N(c1ccc(-c2ccccc2)cc1)c1ccc(-c2ccc(-c3ccccc3)cc2)cc1.Fc1cc(-c2ccccc2)cc(-c2ccccc2)c1N(c1ccc(-c2ccccc2)cc1)c1ccc(-c2cccc3ccccc23)cc1.Fc1cc(-c2ccccc2)cc(-c2ccccc2)c1N(c1ccc(-c2ccccc2)cc1)c1ccc(-c2ccccc2)c2ccccc12. The normalized spacial score (nSPS) is 11.0. The van der Waals surface area contributed by atoms with Crippen LogP contribution in [0.4, 0.5) is 64.4 Å². The summed E-state index contributed by atoms with van der Waals surface area (Å²) in [7, 11) is 0. The molecule has 0 saturated heterocycles. The van der Waals surface area contributed by atoms with Crippen LogP contribution in [0.5, 0.6) is 0 Å². The second-order valence-corrected chi connectivity index (χ2v) is 36.1. The van der Waals surface area contributed by atoms with Crippen molar-refractivity contribution in [2.45, 2.75) is 0 Å². The number of benzene rings is 24. The summed E-state index contributed by atoms with van der Waals surface area (Å²) in [4.78, 5) is 6.19. The summed E-state index contributed by atoms with van der Waals surface area (Å²) >= 11 is 0. The molecule has 6 heteroatoms. The summed E-state index contributed by atoms with van der Waals surface area (Å²) in [5, 5.41) is 4.55. The molecule has 24 aromatic carbocycles. The Balaban J connectivity index is 0.000000125. The number of hydrogen-bond donors (Lipinski definition) is 0. The molecule has 0 bridgehead atoms. The molecule has 0 N–H and O–H groups in total. The Morgan fingerprint density at radius 3 is 0.603 bits per heavy atom. The number of hydrogen-bond acceptors (Lipinski definition) is 3. The Morgan fingerprint density at radius 2 is 0.308 bits per heavy atom. The molecule has 0 saturated carbocycles. The van der Waals surface area contributed by atoms with Crippen molar-refractivity contribution >= 4 is 72.7 Å². The van der Waals surface area contributed by atoms with E-state index in [1.807, 2.05) is 246 Å². The fourth-order valence-electron chi connectivity index (χ4n) is 19.8. The first-order chi connectivity index (χ1) is 72.2. The molecule has 0 fully saturated rings. The van der Waals surface area contributed by atoms with E-state index in [0.717, 1.165) is 173 Å². The fraction of sp³-hybridized carbons (Fsp3) is 0. The van der Waals surface area contributed by atoms with Crippen LogP contribution in [-0.2, 0) is 0 Å². The highest BCUT2D eigenvalue weighted by Gasteiger charge is 2.29. The van der Waals surface area contributed by atoms with Crippen LogP contribution >= 0.6 is 0 Å². The van der Waals surface area contributed by atoms with E-state index < -0.39 is 0 Å². The quantitative estimate of drug-likeness (QED) is 0.0670. The lowest BCUT2D eigenvalue weighted by atomic mass is 9.93. The van der Waals surface area contributed by atoms with Crippen LogP contribution in [0, 0.1) is 17.5 Å². The van der Waals surface area contributed by atoms with Crippen LogP contribution in [0.1, 0.15) is 0 Å². The van der Waals surface area contributed by atoms with Crippen LogP contribution in [0.15, 0.2) is 595 Å². The molecule has 0 radical (unpaired) electrons. The summed E-state index contributed by atoms with van der Waals surface area (Å²) in [6.45, 7) is 0. The first kappa shape index (κ1) is 92.0. The average molecular weight is 1880 g/mol. The van der Waals surface area contributed by atoms with Crippen molar-refractivity contribution in [3.05, 3.63) is 612 Å². The lowest BCUT2D eigenvalue weighted by molar-refractivity contribution is 0.629. The van der Waals surface area contributed by atoms with Crippen molar-refractivity contribution in [1.82, 2.24) is 0 Å². The van der Waals surface area contributed by atoms with E-state index >= 15 is 13.2 Å². The molecule has 0 spiro atoms. The van der Waals surface area contributed by atoms with Crippen molar-refractivity contribution in [2.75, 3.05) is 14.7 Å². The zero-order chi connectivity index (χ0) is 98.3. The smallest absolute Gasteiger partial charge is 0.148 e. The van der Waals surface area contributed by atoms with Gasteiger partial charge in [0.25, 0.3) is 0 Å². The second-order valence-electron chi connectivity index (χ2n) is 36.1. The second kappa shape index (κ2) is 43.0. The van der Waals surface area contributed by atoms with Gasteiger partial charge in [0, 0.05) is 50.5 Å². The zero-order valence-electron chi connectivity index (χ0n) is 80.1. The molecule has 3 nitrogen and oxygen atoms in total. The fourth-order valence-corrected chi connectivity index (χ4v) is 19.8. The number of nitrogens with zero attached hydrogens (tertiary/aromatic N) is 3. The minimum absolute atomic E-state index is 0.291. The lowest BCUT2D eigenvalue weighted by Crippen LogP contribution is -2.14. The molecular formula is C140H98F3N3. The third-order valence-corrected chi connectivity index (χ3v) is 27.0. The summed E-state index contributed by atoms with van der Waals surface area (Å²) < 4.78 is 51.0. The lowest BCUT2D eigenvalue weighted by Gasteiger charge is -2.30. The molecule has 0 aromatic heterocycles. The van der Waals surface area contributed by atoms with Gasteiger partial charge in [0.1, 0.15) is 17.5 Å². The number of halogens is 3. The van der Waals surface area contributed by atoms with Gasteiger partial charge >= 0.3 is 0 Å². The number of fused-ring (bicyclic) bond motifs is 2. The minimum atomic E-state index is -0.294. The van der Waals surface area contributed by atoms with Gasteiger partial charge in [0.15, 0.2) is 0 Å². The highest BCUT2D eigenvalue weighted by molar-refractivity contribution is 6.08. The molecule has 24 aromatic rings. The maximum Gasteiger partial charge on any atom is 0.148 e. The van der Waals surface area contributed by atoms with Crippen LogP contribution in [0.2, 0.25) is 0 Å². The molecular weight excluding hydrogens is 1780 g/mol.